The van der Waals surface area contributed by atoms with Gasteiger partial charge >= 0.3 is 6.18 Å². The van der Waals surface area contributed by atoms with Crippen molar-refractivity contribution >= 4 is 17.3 Å². The van der Waals surface area contributed by atoms with Gasteiger partial charge in [0.2, 0.25) is 0 Å². The van der Waals surface area contributed by atoms with Crippen LogP contribution >= 0.6 is 0 Å². The number of carbonyl (C=O) groups is 1. The first-order valence-corrected chi connectivity index (χ1v) is 16.3. The zero-order chi connectivity index (χ0) is 34.1. The first-order chi connectivity index (χ1) is 22.1. The van der Waals surface area contributed by atoms with Gasteiger partial charge in [0.25, 0.3) is 5.91 Å². The van der Waals surface area contributed by atoms with E-state index in [9.17, 15) is 26.9 Å². The van der Waals surface area contributed by atoms with E-state index in [4.69, 9.17) is 19.3 Å². The summed E-state index contributed by atoms with van der Waals surface area (Å²) in [6.45, 7) is 5.84. The number of amides is 1. The van der Waals surface area contributed by atoms with E-state index in [1.807, 2.05) is 0 Å². The van der Waals surface area contributed by atoms with Crippen LogP contribution in [-0.2, 0) is 16.9 Å². The molecule has 9 nitrogen and oxygen atoms in total. The Hall–Kier alpha value is -3.59. The molecule has 0 spiro atoms. The van der Waals surface area contributed by atoms with Crippen molar-refractivity contribution in [1.82, 2.24) is 15.0 Å². The van der Waals surface area contributed by atoms with E-state index in [1.54, 1.807) is 27.7 Å². The van der Waals surface area contributed by atoms with Gasteiger partial charge in [-0.05, 0) is 89.1 Å². The van der Waals surface area contributed by atoms with Crippen LogP contribution in [0.3, 0.4) is 0 Å². The molecule has 14 heteroatoms. The largest absolute Gasteiger partial charge is 0.598 e. The molecular formula is C33H37F4N3O6S. The van der Waals surface area contributed by atoms with E-state index in [1.165, 1.54) is 48.5 Å². The number of nitrogens with one attached hydrogen (secondary N) is 2. The summed E-state index contributed by atoms with van der Waals surface area (Å²) in [5.41, 5.74) is -0.812. The van der Waals surface area contributed by atoms with E-state index in [0.29, 0.717) is 16.9 Å². The number of hydrogen-bond donors (Lipinski definition) is 3. The highest BCUT2D eigenvalue weighted by Gasteiger charge is 2.48. The molecule has 0 radical (unpaired) electrons. The third-order valence-electron chi connectivity index (χ3n) is 7.68. The zero-order valence-corrected chi connectivity index (χ0v) is 27.2. The Morgan fingerprint density at radius 3 is 2.47 bits per heavy atom. The summed E-state index contributed by atoms with van der Waals surface area (Å²) in [6.07, 6.45) is -3.25. The van der Waals surface area contributed by atoms with Gasteiger partial charge in [0, 0.05) is 34.6 Å². The monoisotopic (exact) mass is 679 g/mol. The molecule has 254 valence electrons. The Balaban J connectivity index is 1.49. The third-order valence-corrected chi connectivity index (χ3v) is 9.42. The Bertz CT molecular complexity index is 1600. The minimum Gasteiger partial charge on any atom is -0.598 e. The van der Waals surface area contributed by atoms with Crippen LogP contribution in [0.4, 0.5) is 17.6 Å². The second kappa shape index (κ2) is 13.5. The lowest BCUT2D eigenvalue weighted by molar-refractivity contribution is -0.149. The number of benzene rings is 2. The van der Waals surface area contributed by atoms with Gasteiger partial charge in [-0.1, -0.05) is 0 Å². The smallest absolute Gasteiger partial charge is 0.398 e. The predicted molar refractivity (Wildman–Crippen MR) is 167 cm³/mol. The van der Waals surface area contributed by atoms with Gasteiger partial charge in [-0.3, -0.25) is 4.79 Å². The van der Waals surface area contributed by atoms with Crippen molar-refractivity contribution in [2.45, 2.75) is 69.0 Å². The number of fused-ring (bicyclic) bond motifs is 1. The number of carbonyl (C=O) groups excluding carboxylic acids is 1. The molecule has 0 saturated heterocycles. The van der Waals surface area contributed by atoms with Crippen molar-refractivity contribution in [3.63, 3.8) is 0 Å². The Labute approximate surface area is 273 Å². The number of hydrogen-bond acceptors (Lipinski definition) is 8. The average Bonchev–Trinajstić information content (AvgIpc) is 3.76. The maximum Gasteiger partial charge on any atom is 0.398 e. The number of ether oxygens (including phenoxy) is 3. The van der Waals surface area contributed by atoms with Gasteiger partial charge in [0.1, 0.15) is 40.9 Å². The van der Waals surface area contributed by atoms with Crippen molar-refractivity contribution < 1.29 is 46.2 Å². The fourth-order valence-corrected chi connectivity index (χ4v) is 5.78. The summed E-state index contributed by atoms with van der Waals surface area (Å²) in [7, 11) is 0. The number of aliphatic hydroxyl groups is 1. The molecule has 2 aliphatic rings. The predicted octanol–water partition coefficient (Wildman–Crippen LogP) is 5.54. The number of aromatic nitrogens is 1. The van der Waals surface area contributed by atoms with Gasteiger partial charge in [-0.15, -0.1) is 4.72 Å². The van der Waals surface area contributed by atoms with Crippen LogP contribution in [0.1, 0.15) is 68.1 Å². The quantitative estimate of drug-likeness (QED) is 0.169. The number of pyridine rings is 1. The molecule has 1 amide bonds. The second-order valence-electron chi connectivity index (χ2n) is 12.7. The highest BCUT2D eigenvalue weighted by molar-refractivity contribution is 7.90. The molecular weight excluding hydrogens is 642 g/mol. The molecule has 0 bridgehead atoms. The lowest BCUT2D eigenvalue weighted by Gasteiger charge is -2.31. The standard InChI is InChI=1S/C33H37F4N3O6S/c1-31(2,3)47(43)40-32(4)18-45-29-23(32)16-25(39-28(29)19-5-8-21(34)9-6-19)24(33(35,36)37)17-38-30(42)20-7-12-26(44-14-13-41)27(15-20)46-22-10-11-22/h5-9,12,15-16,22,24,40-41H,10-11,13-14,17-18H2,1-4H3,(H,38,42). The summed E-state index contributed by atoms with van der Waals surface area (Å²) in [5, 5.41) is 11.5. The van der Waals surface area contributed by atoms with Crippen molar-refractivity contribution in [2.75, 3.05) is 26.4 Å². The van der Waals surface area contributed by atoms with Gasteiger partial charge in [-0.25, -0.2) is 9.37 Å². The molecule has 1 saturated carbocycles. The summed E-state index contributed by atoms with van der Waals surface area (Å²) in [6, 6.07) is 10.6. The topological polar surface area (TPSA) is 125 Å². The first-order valence-electron chi connectivity index (χ1n) is 15.1. The number of halogens is 4. The minimum absolute atomic E-state index is 0.000752. The SMILES string of the molecule is CC1(N[S+]([O-])C(C)(C)C)COc2c1cc(C(CNC(=O)c1ccc(OCCO)c(OC3CC3)c1)C(F)(F)F)nc2-c1ccc(F)cc1. The van der Waals surface area contributed by atoms with E-state index in [0.717, 1.165) is 12.8 Å². The second-order valence-corrected chi connectivity index (χ2v) is 14.7. The summed E-state index contributed by atoms with van der Waals surface area (Å²) < 4.78 is 90.8. The molecule has 1 aromatic heterocycles. The van der Waals surface area contributed by atoms with Gasteiger partial charge in [0.15, 0.2) is 17.2 Å². The zero-order valence-electron chi connectivity index (χ0n) is 26.4. The van der Waals surface area contributed by atoms with E-state index >= 15 is 0 Å². The fraction of sp³-hybridized carbons (Fsp3) is 0.455. The minimum atomic E-state index is -4.84. The summed E-state index contributed by atoms with van der Waals surface area (Å²) in [5.74, 6) is -2.81. The summed E-state index contributed by atoms with van der Waals surface area (Å²) in [4.78, 5) is 17.5. The van der Waals surface area contributed by atoms with Crippen molar-refractivity contribution in [1.29, 1.82) is 0 Å². The lowest BCUT2D eigenvalue weighted by atomic mass is 9.91. The van der Waals surface area contributed by atoms with Crippen molar-refractivity contribution in [3.05, 3.63) is 71.2 Å². The van der Waals surface area contributed by atoms with Crippen molar-refractivity contribution in [2.24, 2.45) is 0 Å². The Kier molecular flexibility index (Phi) is 9.97. The molecule has 1 aliphatic carbocycles. The molecule has 3 N–H and O–H groups in total. The molecule has 3 unspecified atom stereocenters. The fourth-order valence-electron chi connectivity index (χ4n) is 4.89. The number of alkyl halides is 3. The molecule has 47 heavy (non-hydrogen) atoms. The molecule has 3 aromatic rings. The molecule has 2 aromatic carbocycles. The highest BCUT2D eigenvalue weighted by atomic mass is 32.2. The summed E-state index contributed by atoms with van der Waals surface area (Å²) >= 11 is -1.61. The van der Waals surface area contributed by atoms with Crippen LogP contribution in [-0.4, -0.2) is 63.9 Å². The van der Waals surface area contributed by atoms with Crippen LogP contribution in [0.5, 0.6) is 17.2 Å². The van der Waals surface area contributed by atoms with Gasteiger partial charge in [0.05, 0.1) is 18.4 Å². The van der Waals surface area contributed by atoms with Gasteiger partial charge in [-0.2, -0.15) is 13.2 Å². The van der Waals surface area contributed by atoms with Crippen LogP contribution in [0, 0.1) is 5.82 Å². The van der Waals surface area contributed by atoms with E-state index in [-0.39, 0.29) is 48.7 Å². The van der Waals surface area contributed by atoms with Crippen LogP contribution < -0.4 is 24.2 Å². The van der Waals surface area contributed by atoms with E-state index in [2.05, 4.69) is 15.0 Å². The lowest BCUT2D eigenvalue weighted by Crippen LogP contribution is -2.50. The highest BCUT2D eigenvalue weighted by Crippen LogP contribution is 2.46. The van der Waals surface area contributed by atoms with Crippen LogP contribution in [0.2, 0.25) is 0 Å². The number of nitrogens with zero attached hydrogens (tertiary/aromatic N) is 1. The molecule has 3 atom stereocenters. The number of aliphatic hydroxyl groups excluding tert-OH is 1. The normalized spacial score (nSPS) is 19.0. The Morgan fingerprint density at radius 1 is 1.15 bits per heavy atom. The maximum atomic E-state index is 14.7. The molecule has 1 fully saturated rings. The molecule has 1 aliphatic heterocycles. The average molecular weight is 680 g/mol. The Morgan fingerprint density at radius 2 is 1.85 bits per heavy atom. The van der Waals surface area contributed by atoms with Crippen LogP contribution in [0.15, 0.2) is 48.5 Å². The molecule has 2 heterocycles. The van der Waals surface area contributed by atoms with Crippen LogP contribution in [0.25, 0.3) is 11.3 Å². The third kappa shape index (κ3) is 8.11. The first kappa shape index (κ1) is 34.7. The number of rotatable bonds is 12. The van der Waals surface area contributed by atoms with E-state index < -0.39 is 57.7 Å². The van der Waals surface area contributed by atoms with Gasteiger partial charge < -0.3 is 29.2 Å². The maximum absolute atomic E-state index is 14.7. The van der Waals surface area contributed by atoms with Crippen molar-refractivity contribution in [3.8, 4) is 28.5 Å². The molecule has 5 rings (SSSR count).